The van der Waals surface area contributed by atoms with E-state index in [0.717, 1.165) is 4.43 Å². The van der Waals surface area contributed by atoms with Crippen molar-refractivity contribution in [3.8, 4) is 0 Å². The van der Waals surface area contributed by atoms with E-state index in [0.29, 0.717) is 8.86 Å². The summed E-state index contributed by atoms with van der Waals surface area (Å²) in [6.07, 6.45) is 1.05. The van der Waals surface area contributed by atoms with Gasteiger partial charge in [-0.25, -0.2) is 4.79 Å². The first kappa shape index (κ1) is 42.9. The monoisotopic (exact) mass is 988 g/mol. The van der Waals surface area contributed by atoms with Gasteiger partial charge in [-0.3, -0.25) is 24.1 Å². The summed E-state index contributed by atoms with van der Waals surface area (Å²) in [5, 5.41) is 28.3. The maximum absolute atomic E-state index is 13.9. The van der Waals surface area contributed by atoms with Gasteiger partial charge in [0.1, 0.15) is 12.8 Å². The van der Waals surface area contributed by atoms with Gasteiger partial charge in [0.15, 0.2) is 0 Å². The molecule has 0 aliphatic carbocycles. The minimum Gasteiger partial charge on any atom is -0.480 e. The minimum absolute atomic E-state index is 0.0423. The Hall–Kier alpha value is -1.10. The second-order valence-electron chi connectivity index (χ2n) is 12.2. The van der Waals surface area contributed by atoms with Gasteiger partial charge in [0.05, 0.1) is 36.4 Å². The number of aliphatic carboxylic acids is 1. The number of carbonyl (C=O) groups is 5. The number of hydrogen-bond donors (Lipinski definition) is 5. The number of aliphatic hydroxyl groups is 1. The van der Waals surface area contributed by atoms with Gasteiger partial charge in [-0.05, 0) is 37.5 Å². The first-order chi connectivity index (χ1) is 21.5. The number of alkyl carbamates (subject to hydrolysis) is 1. The Morgan fingerprint density at radius 1 is 1.09 bits per heavy atom. The highest BCUT2D eigenvalue weighted by Gasteiger charge is 2.48. The van der Waals surface area contributed by atoms with Gasteiger partial charge in [0.2, 0.25) is 11.7 Å². The molecule has 4 unspecified atom stereocenters. The molecule has 0 spiro atoms. The third-order valence-electron chi connectivity index (χ3n) is 7.51. The minimum atomic E-state index is -1.38. The number of carboxylic acid groups (broad SMARTS) is 1. The number of hydrogen-bond acceptors (Lipinski definition) is 9. The maximum Gasteiger partial charge on any atom is 0.407 e. The molecule has 16 heteroatoms. The topological polar surface area (TPSA) is 184 Å². The van der Waals surface area contributed by atoms with Crippen LogP contribution in [-0.4, -0.2) is 114 Å². The number of halogens is 3. The van der Waals surface area contributed by atoms with Crippen molar-refractivity contribution in [2.24, 2.45) is 11.3 Å². The van der Waals surface area contributed by atoms with Crippen molar-refractivity contribution < 1.29 is 43.7 Å². The van der Waals surface area contributed by atoms with Gasteiger partial charge >= 0.3 is 12.1 Å². The van der Waals surface area contributed by atoms with Crippen molar-refractivity contribution in [3.63, 3.8) is 0 Å². The summed E-state index contributed by atoms with van der Waals surface area (Å²) in [5.41, 5.74) is -1.38. The fourth-order valence-corrected chi connectivity index (χ4v) is 5.79. The van der Waals surface area contributed by atoms with E-state index in [2.05, 4.69) is 91.6 Å². The van der Waals surface area contributed by atoms with Gasteiger partial charge in [0.25, 0.3) is 5.91 Å². The quantitative estimate of drug-likeness (QED) is 0.0497. The molecular weight excluding hydrogens is 941 g/mol. The molecule has 13 nitrogen and oxygen atoms in total. The Morgan fingerprint density at radius 2 is 1.74 bits per heavy atom. The van der Waals surface area contributed by atoms with Crippen LogP contribution >= 0.6 is 67.8 Å². The third kappa shape index (κ3) is 13.4. The summed E-state index contributed by atoms with van der Waals surface area (Å²) in [5.74, 6) is -3.98. The lowest BCUT2D eigenvalue weighted by molar-refractivity contribution is -0.143. The van der Waals surface area contributed by atoms with Crippen LogP contribution < -0.4 is 16.0 Å². The number of nitrogens with one attached hydrogen (secondary N) is 3. The Kier molecular flexibility index (Phi) is 19.1. The van der Waals surface area contributed by atoms with E-state index in [9.17, 15) is 29.1 Å². The summed E-state index contributed by atoms with van der Waals surface area (Å²) in [7, 11) is 0. The second-order valence-corrected chi connectivity index (χ2v) is 14.6. The number of alkyl halides is 3. The first-order valence-corrected chi connectivity index (χ1v) is 19.4. The van der Waals surface area contributed by atoms with Crippen LogP contribution in [0.25, 0.3) is 0 Å². The fraction of sp³-hybridized carbons (Fsp3) is 0.700. The number of rotatable bonds is 21. The molecule has 0 aromatic heterocycles. The molecule has 1 fully saturated rings. The summed E-state index contributed by atoms with van der Waals surface area (Å²) in [6.45, 7) is 14.6. The lowest BCUT2D eigenvalue weighted by Gasteiger charge is -2.41. The van der Waals surface area contributed by atoms with Crippen LogP contribution in [0.1, 0.15) is 47.0 Å². The number of carbonyl (C=O) groups excluding carboxylic acids is 4. The molecule has 7 atom stereocenters. The summed E-state index contributed by atoms with van der Waals surface area (Å²) >= 11 is 6.55. The van der Waals surface area contributed by atoms with E-state index < -0.39 is 77.7 Å². The third-order valence-corrected chi connectivity index (χ3v) is 12.5. The average Bonchev–Trinajstić information content (AvgIpc) is 3.45. The van der Waals surface area contributed by atoms with Crippen molar-refractivity contribution in [3.05, 3.63) is 25.3 Å². The van der Waals surface area contributed by atoms with E-state index >= 15 is 0 Å². The molecule has 0 saturated carbocycles. The van der Waals surface area contributed by atoms with E-state index in [4.69, 9.17) is 14.6 Å². The van der Waals surface area contributed by atoms with Crippen LogP contribution in [0, 0.1) is 11.3 Å². The Balaban J connectivity index is 3.43. The summed E-state index contributed by atoms with van der Waals surface area (Å²) < 4.78 is 13.7. The van der Waals surface area contributed by atoms with Crippen molar-refractivity contribution in [2.45, 2.75) is 83.0 Å². The highest BCUT2D eigenvalue weighted by molar-refractivity contribution is 14.1. The molecule has 0 bridgehead atoms. The van der Waals surface area contributed by atoms with Crippen molar-refractivity contribution in [2.75, 3.05) is 33.0 Å². The molecule has 46 heavy (non-hydrogen) atoms. The first-order valence-electron chi connectivity index (χ1n) is 14.8. The Bertz CT molecular complexity index is 1100. The predicted molar refractivity (Wildman–Crippen MR) is 199 cm³/mol. The molecule has 0 aromatic rings. The van der Waals surface area contributed by atoms with Crippen LogP contribution in [0.5, 0.6) is 0 Å². The second kappa shape index (κ2) is 20.4. The van der Waals surface area contributed by atoms with Crippen molar-refractivity contribution >= 4 is 97.4 Å². The fourth-order valence-electron chi connectivity index (χ4n) is 4.57. The van der Waals surface area contributed by atoms with Crippen LogP contribution in [0.2, 0.25) is 0 Å². The van der Waals surface area contributed by atoms with E-state index in [-0.39, 0.29) is 38.3 Å². The van der Waals surface area contributed by atoms with Gasteiger partial charge in [-0.1, -0.05) is 101 Å². The highest BCUT2D eigenvalue weighted by atomic mass is 127. The van der Waals surface area contributed by atoms with Gasteiger partial charge in [-0.15, -0.1) is 13.2 Å². The molecular formula is C30H47I3N4O9. The van der Waals surface area contributed by atoms with E-state index in [1.165, 1.54) is 11.0 Å². The number of amides is 3. The molecule has 5 N–H and O–H groups in total. The number of ether oxygens (including phenoxy) is 2. The lowest BCUT2D eigenvalue weighted by atomic mass is 9.85. The van der Waals surface area contributed by atoms with Crippen molar-refractivity contribution in [1.29, 1.82) is 0 Å². The molecule has 262 valence electrons. The van der Waals surface area contributed by atoms with Crippen LogP contribution in [0.4, 0.5) is 4.79 Å². The van der Waals surface area contributed by atoms with Gasteiger partial charge < -0.3 is 35.6 Å². The number of likely N-dealkylation sites (tertiary alicyclic amines) is 1. The van der Waals surface area contributed by atoms with Crippen molar-refractivity contribution in [1.82, 2.24) is 20.9 Å². The number of carboxylic acids is 1. The summed E-state index contributed by atoms with van der Waals surface area (Å²) in [4.78, 5) is 64.6. The normalized spacial score (nSPS) is 20.7. The molecule has 0 aromatic carbocycles. The van der Waals surface area contributed by atoms with Gasteiger partial charge in [0, 0.05) is 19.8 Å². The van der Waals surface area contributed by atoms with E-state index in [1.54, 1.807) is 6.08 Å². The standard InChI is InChI=1S/C30H47I3N4O9/c1-7-9-10-20(23(40)26(42)34-13-22(38)39)35-25(41)21-11-19(46-30(6,8-2)17-33)14-37(21)27(43)24(29(4,5)16-32)36-28(44)45-15-18(3)12-31/h7-8,18-21,24,27,43H,1-2,9-17H2,3-6H3,(H,34,42)(H,35,41)(H,36,44)(H,38,39)/t18?,19-,20?,21+,24-,27?,30?/m1/s1. The maximum atomic E-state index is 13.9. The SMILES string of the molecule is C=CCCC(NC(=O)[C@@H]1C[C@@H](OC(C)(C=C)CI)CN1C(O)[C@@H](NC(=O)OCC(C)CI)C(C)(C)CI)C(=O)C(=O)NCC(=O)O. The zero-order valence-electron chi connectivity index (χ0n) is 26.7. The largest absolute Gasteiger partial charge is 0.480 e. The van der Waals surface area contributed by atoms with Gasteiger partial charge in [-0.2, -0.15) is 0 Å². The number of Topliss-reactive ketones (excluding diaryl/α,β-unsaturated/α-hetero) is 1. The van der Waals surface area contributed by atoms with Crippen LogP contribution in [0.15, 0.2) is 25.3 Å². The predicted octanol–water partition coefficient (Wildman–Crippen LogP) is 2.99. The Morgan fingerprint density at radius 3 is 2.26 bits per heavy atom. The molecule has 1 heterocycles. The molecule has 1 aliphatic heterocycles. The zero-order valence-corrected chi connectivity index (χ0v) is 33.2. The number of nitrogens with zero attached hydrogens (tertiary/aromatic N) is 1. The molecule has 1 saturated heterocycles. The molecule has 0 radical (unpaired) electrons. The lowest BCUT2D eigenvalue weighted by Crippen LogP contribution is -2.62. The smallest absolute Gasteiger partial charge is 0.407 e. The van der Waals surface area contributed by atoms with E-state index in [1.807, 2.05) is 33.0 Å². The molecule has 1 aliphatic rings. The molecule has 3 amide bonds. The summed E-state index contributed by atoms with van der Waals surface area (Å²) in [6, 6.07) is -3.18. The van der Waals surface area contributed by atoms with Crippen LogP contribution in [0.3, 0.4) is 0 Å². The molecule has 1 rings (SSSR count). The average molecular weight is 988 g/mol. The highest BCUT2D eigenvalue weighted by Crippen LogP contribution is 2.33. The van der Waals surface area contributed by atoms with Crippen LogP contribution in [-0.2, 0) is 28.7 Å². The Labute approximate surface area is 312 Å². The zero-order chi connectivity index (χ0) is 35.2. The number of allylic oxidation sites excluding steroid dienone is 1. The number of ketones is 1. The number of aliphatic hydroxyl groups excluding tert-OH is 1.